The molecule has 0 aliphatic carbocycles. The molecule has 78 valence electrons. The van der Waals surface area contributed by atoms with Gasteiger partial charge in [-0.05, 0) is 24.5 Å². The van der Waals surface area contributed by atoms with Crippen molar-refractivity contribution in [3.8, 4) is 0 Å². The van der Waals surface area contributed by atoms with Gasteiger partial charge in [0, 0.05) is 18.4 Å². The van der Waals surface area contributed by atoms with E-state index in [9.17, 15) is 0 Å². The quantitative estimate of drug-likeness (QED) is 0.815. The molecular formula is C11H17ClN2. The van der Waals surface area contributed by atoms with Crippen LogP contribution in [0.2, 0.25) is 5.02 Å². The smallest absolute Gasteiger partial charge is 0.0621 e. The van der Waals surface area contributed by atoms with Gasteiger partial charge in [0.05, 0.1) is 5.02 Å². The summed E-state index contributed by atoms with van der Waals surface area (Å²) in [6.45, 7) is 2.17. The number of hydrogen-bond acceptors (Lipinski definition) is 2. The monoisotopic (exact) mass is 212 g/mol. The van der Waals surface area contributed by atoms with Gasteiger partial charge in [-0.15, -0.1) is 0 Å². The van der Waals surface area contributed by atoms with Gasteiger partial charge in [-0.3, -0.25) is 4.98 Å². The van der Waals surface area contributed by atoms with E-state index in [1.165, 1.54) is 12.8 Å². The molecule has 0 amide bonds. The zero-order valence-electron chi connectivity index (χ0n) is 8.54. The zero-order valence-corrected chi connectivity index (χ0v) is 9.30. The highest BCUT2D eigenvalue weighted by molar-refractivity contribution is 6.31. The SMILES string of the molecule is CCCCC(N)Cc1ccncc1Cl. The van der Waals surface area contributed by atoms with Gasteiger partial charge in [0.2, 0.25) is 0 Å². The van der Waals surface area contributed by atoms with Crippen molar-refractivity contribution >= 4 is 11.6 Å². The third-order valence-corrected chi connectivity index (χ3v) is 2.61. The Bertz CT molecular complexity index is 276. The summed E-state index contributed by atoms with van der Waals surface area (Å²) < 4.78 is 0. The highest BCUT2D eigenvalue weighted by Crippen LogP contribution is 2.16. The zero-order chi connectivity index (χ0) is 10.4. The number of pyridine rings is 1. The fraction of sp³-hybridized carbons (Fsp3) is 0.545. The van der Waals surface area contributed by atoms with E-state index >= 15 is 0 Å². The Kier molecular flexibility index (Phi) is 4.91. The van der Waals surface area contributed by atoms with Crippen LogP contribution in [0.5, 0.6) is 0 Å². The predicted octanol–water partition coefficient (Wildman–Crippen LogP) is 2.80. The Morgan fingerprint density at radius 3 is 3.00 bits per heavy atom. The van der Waals surface area contributed by atoms with Crippen molar-refractivity contribution in [1.82, 2.24) is 4.98 Å². The minimum atomic E-state index is 0.217. The molecule has 0 radical (unpaired) electrons. The molecule has 14 heavy (non-hydrogen) atoms. The normalized spacial score (nSPS) is 12.8. The van der Waals surface area contributed by atoms with Crippen LogP contribution in [-0.4, -0.2) is 11.0 Å². The number of nitrogens with zero attached hydrogens (tertiary/aromatic N) is 1. The van der Waals surface area contributed by atoms with E-state index in [0.717, 1.165) is 23.4 Å². The van der Waals surface area contributed by atoms with E-state index in [1.807, 2.05) is 6.07 Å². The number of halogens is 1. The van der Waals surface area contributed by atoms with E-state index < -0.39 is 0 Å². The van der Waals surface area contributed by atoms with Gasteiger partial charge in [-0.1, -0.05) is 31.4 Å². The minimum absolute atomic E-state index is 0.217. The van der Waals surface area contributed by atoms with Crippen LogP contribution in [0.15, 0.2) is 18.5 Å². The van der Waals surface area contributed by atoms with Crippen LogP contribution >= 0.6 is 11.6 Å². The van der Waals surface area contributed by atoms with Gasteiger partial charge in [0.25, 0.3) is 0 Å². The second-order valence-electron chi connectivity index (χ2n) is 3.57. The molecule has 1 unspecified atom stereocenters. The minimum Gasteiger partial charge on any atom is -0.327 e. The first kappa shape index (κ1) is 11.5. The first-order valence-electron chi connectivity index (χ1n) is 5.08. The fourth-order valence-corrected chi connectivity index (χ4v) is 1.62. The highest BCUT2D eigenvalue weighted by atomic mass is 35.5. The second kappa shape index (κ2) is 5.99. The van der Waals surface area contributed by atoms with E-state index in [0.29, 0.717) is 0 Å². The molecule has 0 saturated heterocycles. The number of nitrogens with two attached hydrogens (primary N) is 1. The predicted molar refractivity (Wildman–Crippen MR) is 60.5 cm³/mol. The van der Waals surface area contributed by atoms with E-state index in [-0.39, 0.29) is 6.04 Å². The van der Waals surface area contributed by atoms with Crippen LogP contribution in [0.3, 0.4) is 0 Å². The molecule has 1 rings (SSSR count). The van der Waals surface area contributed by atoms with Gasteiger partial charge < -0.3 is 5.73 Å². The summed E-state index contributed by atoms with van der Waals surface area (Å²) in [5.74, 6) is 0. The Balaban J connectivity index is 2.47. The van der Waals surface area contributed by atoms with Crippen molar-refractivity contribution in [2.45, 2.75) is 38.6 Å². The molecule has 2 N–H and O–H groups in total. The largest absolute Gasteiger partial charge is 0.327 e. The third kappa shape index (κ3) is 3.64. The van der Waals surface area contributed by atoms with Crippen LogP contribution < -0.4 is 5.73 Å². The van der Waals surface area contributed by atoms with Gasteiger partial charge in [-0.25, -0.2) is 0 Å². The van der Waals surface area contributed by atoms with Crippen LogP contribution in [0.1, 0.15) is 31.7 Å². The summed E-state index contributed by atoms with van der Waals surface area (Å²) in [5, 5.41) is 0.722. The molecule has 1 heterocycles. The molecule has 0 aliphatic heterocycles. The number of unbranched alkanes of at least 4 members (excludes halogenated alkanes) is 1. The standard InChI is InChI=1S/C11H17ClN2/c1-2-3-4-10(13)7-9-5-6-14-8-11(9)12/h5-6,8,10H,2-4,7,13H2,1H3. The molecular weight excluding hydrogens is 196 g/mol. The summed E-state index contributed by atoms with van der Waals surface area (Å²) >= 11 is 5.98. The summed E-state index contributed by atoms with van der Waals surface area (Å²) in [4.78, 5) is 3.94. The molecule has 1 atom stereocenters. The lowest BCUT2D eigenvalue weighted by Gasteiger charge is -2.11. The van der Waals surface area contributed by atoms with Crippen molar-refractivity contribution in [3.05, 3.63) is 29.0 Å². The van der Waals surface area contributed by atoms with Gasteiger partial charge in [0.15, 0.2) is 0 Å². The molecule has 0 aromatic carbocycles. The van der Waals surface area contributed by atoms with Gasteiger partial charge in [-0.2, -0.15) is 0 Å². The highest BCUT2D eigenvalue weighted by Gasteiger charge is 2.06. The lowest BCUT2D eigenvalue weighted by atomic mass is 10.0. The first-order valence-corrected chi connectivity index (χ1v) is 5.45. The number of hydrogen-bond donors (Lipinski definition) is 1. The second-order valence-corrected chi connectivity index (χ2v) is 3.98. The van der Waals surface area contributed by atoms with E-state index in [2.05, 4.69) is 11.9 Å². The Morgan fingerprint density at radius 1 is 1.57 bits per heavy atom. The Hall–Kier alpha value is -0.600. The van der Waals surface area contributed by atoms with Crippen LogP contribution in [0.25, 0.3) is 0 Å². The van der Waals surface area contributed by atoms with Crippen LogP contribution in [0.4, 0.5) is 0 Å². The molecule has 0 saturated carbocycles. The molecule has 1 aromatic heterocycles. The number of rotatable bonds is 5. The Morgan fingerprint density at radius 2 is 2.36 bits per heavy atom. The average Bonchev–Trinajstić information content (AvgIpc) is 2.18. The summed E-state index contributed by atoms with van der Waals surface area (Å²) in [6.07, 6.45) is 7.72. The molecule has 3 heteroatoms. The van der Waals surface area contributed by atoms with Crippen molar-refractivity contribution in [2.75, 3.05) is 0 Å². The molecule has 0 bridgehead atoms. The molecule has 2 nitrogen and oxygen atoms in total. The lowest BCUT2D eigenvalue weighted by molar-refractivity contribution is 0.574. The van der Waals surface area contributed by atoms with Crippen LogP contribution in [-0.2, 0) is 6.42 Å². The summed E-state index contributed by atoms with van der Waals surface area (Å²) in [6, 6.07) is 2.16. The molecule has 0 fully saturated rings. The van der Waals surface area contributed by atoms with E-state index in [4.69, 9.17) is 17.3 Å². The third-order valence-electron chi connectivity index (χ3n) is 2.27. The Labute approximate surface area is 90.5 Å². The average molecular weight is 213 g/mol. The first-order chi connectivity index (χ1) is 6.74. The molecule has 0 aliphatic rings. The maximum absolute atomic E-state index is 5.98. The number of aromatic nitrogens is 1. The topological polar surface area (TPSA) is 38.9 Å². The van der Waals surface area contributed by atoms with Gasteiger partial charge in [0.1, 0.15) is 0 Å². The summed E-state index contributed by atoms with van der Waals surface area (Å²) in [5.41, 5.74) is 7.08. The van der Waals surface area contributed by atoms with Gasteiger partial charge >= 0.3 is 0 Å². The van der Waals surface area contributed by atoms with Crippen molar-refractivity contribution in [2.24, 2.45) is 5.73 Å². The fourth-order valence-electron chi connectivity index (χ4n) is 1.42. The summed E-state index contributed by atoms with van der Waals surface area (Å²) in [7, 11) is 0. The molecule has 0 spiro atoms. The maximum atomic E-state index is 5.98. The van der Waals surface area contributed by atoms with Crippen molar-refractivity contribution in [3.63, 3.8) is 0 Å². The maximum Gasteiger partial charge on any atom is 0.0621 e. The van der Waals surface area contributed by atoms with Crippen molar-refractivity contribution < 1.29 is 0 Å². The van der Waals surface area contributed by atoms with Crippen LogP contribution in [0, 0.1) is 0 Å². The van der Waals surface area contributed by atoms with E-state index in [1.54, 1.807) is 12.4 Å². The lowest BCUT2D eigenvalue weighted by Crippen LogP contribution is -2.22. The molecule has 1 aromatic rings. The van der Waals surface area contributed by atoms with Crippen molar-refractivity contribution in [1.29, 1.82) is 0 Å².